The maximum absolute atomic E-state index is 7.04. The number of ether oxygens (including phenoxy) is 5. The molecular formula is C45H48NO7P. The van der Waals surface area contributed by atoms with Crippen LogP contribution in [0, 0.1) is 0 Å². The lowest BCUT2D eigenvalue weighted by Gasteiger charge is -2.46. The van der Waals surface area contributed by atoms with Gasteiger partial charge in [0.05, 0.1) is 33.0 Å². The molecule has 54 heavy (non-hydrogen) atoms. The zero-order valence-electron chi connectivity index (χ0n) is 30.4. The van der Waals surface area contributed by atoms with Gasteiger partial charge in [-0.3, -0.25) is 4.52 Å². The van der Waals surface area contributed by atoms with Gasteiger partial charge in [-0.25, -0.2) is 4.67 Å². The van der Waals surface area contributed by atoms with Gasteiger partial charge in [-0.1, -0.05) is 152 Å². The Labute approximate surface area is 319 Å². The Hall–Kier alpha value is -3.79. The van der Waals surface area contributed by atoms with E-state index in [1.165, 1.54) is 0 Å². The molecule has 0 radical (unpaired) electrons. The molecule has 8 rings (SSSR count). The summed E-state index contributed by atoms with van der Waals surface area (Å²) in [5.41, 5.74) is 5.39. The summed E-state index contributed by atoms with van der Waals surface area (Å²) in [5, 5.41) is 0. The molecule has 3 saturated heterocycles. The van der Waals surface area contributed by atoms with E-state index in [0.29, 0.717) is 26.4 Å². The third kappa shape index (κ3) is 9.35. The van der Waals surface area contributed by atoms with E-state index in [0.717, 1.165) is 47.2 Å². The first-order chi connectivity index (χ1) is 26.8. The highest BCUT2D eigenvalue weighted by Gasteiger charge is 2.53. The van der Waals surface area contributed by atoms with Crippen LogP contribution < -0.4 is 0 Å². The smallest absolute Gasteiger partial charge is 0.262 e. The summed E-state index contributed by atoms with van der Waals surface area (Å²) in [6.45, 7) is 2.69. The highest BCUT2D eigenvalue weighted by molar-refractivity contribution is 7.44. The molecule has 3 heterocycles. The lowest BCUT2D eigenvalue weighted by molar-refractivity contribution is -0.310. The number of hydrogen-bond donors (Lipinski definition) is 0. The maximum Gasteiger partial charge on any atom is 0.262 e. The van der Waals surface area contributed by atoms with Crippen LogP contribution in [0.4, 0.5) is 0 Å². The topological polar surface area (TPSA) is 67.9 Å². The van der Waals surface area contributed by atoms with Gasteiger partial charge in [-0.05, 0) is 40.7 Å². The molecule has 0 unspecified atom stereocenters. The van der Waals surface area contributed by atoms with Crippen LogP contribution in [0.2, 0.25) is 0 Å². The predicted molar refractivity (Wildman–Crippen MR) is 208 cm³/mol. The van der Waals surface area contributed by atoms with Crippen LogP contribution >= 0.6 is 8.53 Å². The van der Waals surface area contributed by atoms with Gasteiger partial charge in [0.1, 0.15) is 30.5 Å². The van der Waals surface area contributed by atoms with Crippen molar-refractivity contribution in [3.8, 4) is 0 Å². The molecule has 5 aromatic rings. The quantitative estimate of drug-likeness (QED) is 0.0928. The first-order valence-corrected chi connectivity index (χ1v) is 20.1. The summed E-state index contributed by atoms with van der Waals surface area (Å²) >= 11 is 0. The molecule has 3 fully saturated rings. The summed E-state index contributed by atoms with van der Waals surface area (Å²) < 4.78 is 50.3. The van der Waals surface area contributed by atoms with Gasteiger partial charge in [-0.2, -0.15) is 0 Å². The molecule has 9 heteroatoms. The van der Waals surface area contributed by atoms with E-state index >= 15 is 0 Å². The fourth-order valence-electron chi connectivity index (χ4n) is 7.45. The lowest BCUT2D eigenvalue weighted by atomic mass is 9.98. The van der Waals surface area contributed by atoms with Gasteiger partial charge in [-0.15, -0.1) is 0 Å². The average molecular weight is 746 g/mol. The molecule has 0 amide bonds. The second-order valence-electron chi connectivity index (χ2n) is 14.0. The third-order valence-corrected chi connectivity index (χ3v) is 11.9. The van der Waals surface area contributed by atoms with Crippen molar-refractivity contribution in [1.29, 1.82) is 0 Å². The van der Waals surface area contributed by atoms with Crippen molar-refractivity contribution in [3.05, 3.63) is 179 Å². The summed E-state index contributed by atoms with van der Waals surface area (Å²) in [6.07, 6.45) is -1.05. The molecular weight excluding hydrogens is 697 g/mol. The molecule has 0 aliphatic carbocycles. The van der Waals surface area contributed by atoms with Crippen LogP contribution in [0.15, 0.2) is 152 Å². The van der Waals surface area contributed by atoms with Gasteiger partial charge in [0, 0.05) is 12.6 Å². The van der Waals surface area contributed by atoms with E-state index < -0.39 is 39.2 Å². The Morgan fingerprint density at radius 2 is 1.04 bits per heavy atom. The Kier molecular flexibility index (Phi) is 12.9. The SMILES string of the molecule is c1ccc(COC[C@H]2O[C@H](O[P@@]3O[C@H](c4ccccc4)[C@@H]4CCCN43)[C@H](OCc3ccccc3)[C@@H](OCc3ccccc3)[C@@H]2OCc2ccccc2)cc1. The standard InChI is InChI=1S/C45H48NO7P/c1-6-17-34(18-7-1)29-47-33-40-42(48-30-35-19-8-2-9-20-35)43(49-31-36-21-10-3-11-22-36)44(50-32-37-23-12-4-13-24-37)45(51-40)53-54-46-28-16-27-39(46)41(52-54)38-25-14-5-15-26-38/h1-15,17-26,39-45H,16,27-33H2/t39-,40+,41+,42+,43-,44+,45+,54+/m0/s1. The molecule has 0 bridgehead atoms. The molecule has 280 valence electrons. The van der Waals surface area contributed by atoms with Gasteiger partial charge in [0.25, 0.3) is 8.53 Å². The summed E-state index contributed by atoms with van der Waals surface area (Å²) in [7, 11) is -1.47. The number of nitrogens with zero attached hydrogens (tertiary/aromatic N) is 1. The Bertz CT molecular complexity index is 1820. The normalized spacial score (nSPS) is 26.8. The molecule has 5 aromatic carbocycles. The van der Waals surface area contributed by atoms with Crippen molar-refractivity contribution < 1.29 is 32.7 Å². The third-order valence-electron chi connectivity index (χ3n) is 10.2. The van der Waals surface area contributed by atoms with Gasteiger partial charge in [0.15, 0.2) is 6.29 Å². The van der Waals surface area contributed by atoms with E-state index in [9.17, 15) is 0 Å². The number of benzene rings is 5. The van der Waals surface area contributed by atoms with Crippen LogP contribution in [-0.2, 0) is 59.2 Å². The van der Waals surface area contributed by atoms with Crippen molar-refractivity contribution in [2.75, 3.05) is 13.2 Å². The molecule has 0 saturated carbocycles. The van der Waals surface area contributed by atoms with E-state index in [-0.39, 0.29) is 18.8 Å². The first kappa shape index (κ1) is 37.1. The minimum absolute atomic E-state index is 0.0795. The first-order valence-electron chi connectivity index (χ1n) is 19.0. The van der Waals surface area contributed by atoms with Crippen LogP contribution in [0.1, 0.15) is 46.8 Å². The van der Waals surface area contributed by atoms with Gasteiger partial charge < -0.3 is 28.2 Å². The molecule has 0 spiro atoms. The monoisotopic (exact) mass is 745 g/mol. The molecule has 3 aliphatic rings. The van der Waals surface area contributed by atoms with Gasteiger partial charge in [0.2, 0.25) is 0 Å². The number of rotatable bonds is 16. The van der Waals surface area contributed by atoms with Crippen molar-refractivity contribution in [1.82, 2.24) is 4.67 Å². The highest BCUT2D eigenvalue weighted by Crippen LogP contribution is 2.61. The molecule has 8 atom stereocenters. The Morgan fingerprint density at radius 3 is 1.59 bits per heavy atom. The van der Waals surface area contributed by atoms with E-state index in [4.69, 9.17) is 32.7 Å². The Morgan fingerprint density at radius 1 is 0.556 bits per heavy atom. The second-order valence-corrected chi connectivity index (χ2v) is 15.4. The number of fused-ring (bicyclic) bond motifs is 1. The van der Waals surface area contributed by atoms with Crippen LogP contribution in [0.25, 0.3) is 0 Å². The molecule has 0 aromatic heterocycles. The fourth-order valence-corrected chi connectivity index (χ4v) is 9.33. The second kappa shape index (κ2) is 18.7. The summed E-state index contributed by atoms with van der Waals surface area (Å²) in [6, 6.07) is 51.4. The van der Waals surface area contributed by atoms with Crippen molar-refractivity contribution in [3.63, 3.8) is 0 Å². The molecule has 3 aliphatic heterocycles. The zero-order valence-corrected chi connectivity index (χ0v) is 31.3. The average Bonchev–Trinajstić information content (AvgIpc) is 3.85. The van der Waals surface area contributed by atoms with Crippen LogP contribution in [-0.4, -0.2) is 54.6 Å². The zero-order chi connectivity index (χ0) is 36.4. The minimum Gasteiger partial charge on any atom is -0.374 e. The van der Waals surface area contributed by atoms with E-state index in [1.54, 1.807) is 0 Å². The lowest BCUT2D eigenvalue weighted by Crippen LogP contribution is -2.61. The molecule has 8 nitrogen and oxygen atoms in total. The highest BCUT2D eigenvalue weighted by atomic mass is 31.2. The van der Waals surface area contributed by atoms with Gasteiger partial charge >= 0.3 is 0 Å². The number of hydrogen-bond acceptors (Lipinski definition) is 8. The fraction of sp³-hybridized carbons (Fsp3) is 0.333. The van der Waals surface area contributed by atoms with Crippen molar-refractivity contribution in [2.45, 2.75) is 82.1 Å². The van der Waals surface area contributed by atoms with Crippen molar-refractivity contribution in [2.24, 2.45) is 0 Å². The molecule has 0 N–H and O–H groups in total. The predicted octanol–water partition coefficient (Wildman–Crippen LogP) is 9.16. The summed E-state index contributed by atoms with van der Waals surface area (Å²) in [5.74, 6) is 0. The van der Waals surface area contributed by atoms with E-state index in [2.05, 4.69) is 77.5 Å². The summed E-state index contributed by atoms with van der Waals surface area (Å²) in [4.78, 5) is 0. The van der Waals surface area contributed by atoms with E-state index in [1.807, 2.05) is 78.9 Å². The van der Waals surface area contributed by atoms with Crippen molar-refractivity contribution >= 4 is 8.53 Å². The largest absolute Gasteiger partial charge is 0.374 e. The minimum atomic E-state index is -1.47. The van der Waals surface area contributed by atoms with Crippen LogP contribution in [0.3, 0.4) is 0 Å². The Balaban J connectivity index is 1.11. The maximum atomic E-state index is 7.04. The van der Waals surface area contributed by atoms with Crippen LogP contribution in [0.5, 0.6) is 0 Å².